The highest BCUT2D eigenvalue weighted by molar-refractivity contribution is 5.95. The van der Waals surface area contributed by atoms with Gasteiger partial charge in [0.05, 0.1) is 11.9 Å². The van der Waals surface area contributed by atoms with Crippen LogP contribution in [-0.4, -0.2) is 15.2 Å². The molecule has 0 aliphatic carbocycles. The van der Waals surface area contributed by atoms with Crippen molar-refractivity contribution >= 4 is 28.9 Å². The van der Waals surface area contributed by atoms with E-state index >= 15 is 0 Å². The van der Waals surface area contributed by atoms with E-state index in [1.165, 1.54) is 0 Å². The molecule has 0 aromatic carbocycles. The van der Waals surface area contributed by atoms with Gasteiger partial charge >= 0.3 is 0 Å². The number of nitrogen functional groups attached to an aromatic ring is 1. The highest BCUT2D eigenvalue weighted by atomic mass is 15.1. The SMILES string of the molecule is C=Cc1nc(N)c2[nH]ncc2c1/C=C\C. The lowest BCUT2D eigenvalue weighted by molar-refractivity contribution is 1.12. The third-order valence-corrected chi connectivity index (χ3v) is 2.23. The van der Waals surface area contributed by atoms with Gasteiger partial charge in [-0.2, -0.15) is 5.10 Å². The zero-order chi connectivity index (χ0) is 10.8. The molecule has 76 valence electrons. The summed E-state index contributed by atoms with van der Waals surface area (Å²) in [6.07, 6.45) is 7.36. The fourth-order valence-corrected chi connectivity index (χ4v) is 1.57. The highest BCUT2D eigenvalue weighted by Gasteiger charge is 2.09. The number of allylic oxidation sites excluding steroid dienone is 1. The molecule has 0 bridgehead atoms. The Hall–Kier alpha value is -2.10. The molecule has 2 rings (SSSR count). The Morgan fingerprint density at radius 1 is 1.53 bits per heavy atom. The van der Waals surface area contributed by atoms with Crippen LogP contribution < -0.4 is 5.73 Å². The van der Waals surface area contributed by atoms with Crippen LogP contribution in [0.25, 0.3) is 23.1 Å². The second-order valence-corrected chi connectivity index (χ2v) is 3.16. The van der Waals surface area contributed by atoms with Crippen LogP contribution >= 0.6 is 0 Å². The predicted octanol–water partition coefficient (Wildman–Crippen LogP) is 2.22. The van der Waals surface area contributed by atoms with E-state index in [2.05, 4.69) is 21.8 Å². The van der Waals surface area contributed by atoms with Crippen LogP contribution in [-0.2, 0) is 0 Å². The Morgan fingerprint density at radius 2 is 2.33 bits per heavy atom. The summed E-state index contributed by atoms with van der Waals surface area (Å²) in [7, 11) is 0. The normalized spacial score (nSPS) is 11.3. The van der Waals surface area contributed by atoms with Gasteiger partial charge in [0.2, 0.25) is 0 Å². The zero-order valence-corrected chi connectivity index (χ0v) is 8.49. The molecule has 2 heterocycles. The first-order valence-corrected chi connectivity index (χ1v) is 4.65. The zero-order valence-electron chi connectivity index (χ0n) is 8.49. The lowest BCUT2D eigenvalue weighted by Crippen LogP contribution is -1.96. The molecular weight excluding hydrogens is 188 g/mol. The first-order chi connectivity index (χ1) is 7.27. The van der Waals surface area contributed by atoms with Crippen molar-refractivity contribution < 1.29 is 0 Å². The second kappa shape index (κ2) is 3.57. The summed E-state index contributed by atoms with van der Waals surface area (Å²) >= 11 is 0. The van der Waals surface area contributed by atoms with Gasteiger partial charge in [-0.1, -0.05) is 18.7 Å². The lowest BCUT2D eigenvalue weighted by atomic mass is 10.1. The van der Waals surface area contributed by atoms with Gasteiger partial charge in [-0.15, -0.1) is 0 Å². The maximum absolute atomic E-state index is 5.79. The molecular formula is C11H12N4. The molecule has 0 saturated heterocycles. The Bertz CT molecular complexity index is 537. The van der Waals surface area contributed by atoms with Crippen molar-refractivity contribution in [3.05, 3.63) is 30.1 Å². The molecule has 4 nitrogen and oxygen atoms in total. The number of aromatic amines is 1. The highest BCUT2D eigenvalue weighted by Crippen LogP contribution is 2.25. The Kier molecular flexibility index (Phi) is 2.25. The maximum atomic E-state index is 5.79. The Morgan fingerprint density at radius 3 is 3.00 bits per heavy atom. The Labute approximate surface area is 87.5 Å². The summed E-state index contributed by atoms with van der Waals surface area (Å²) in [5.41, 5.74) is 8.33. The molecule has 0 atom stereocenters. The molecule has 4 heteroatoms. The first-order valence-electron chi connectivity index (χ1n) is 4.65. The number of nitrogens with two attached hydrogens (primary N) is 1. The third kappa shape index (κ3) is 1.40. The molecule has 0 spiro atoms. The van der Waals surface area contributed by atoms with Crippen LogP contribution in [0.4, 0.5) is 5.82 Å². The molecule has 0 fully saturated rings. The smallest absolute Gasteiger partial charge is 0.150 e. The van der Waals surface area contributed by atoms with E-state index in [0.29, 0.717) is 5.82 Å². The van der Waals surface area contributed by atoms with Gasteiger partial charge in [-0.05, 0) is 13.0 Å². The summed E-state index contributed by atoms with van der Waals surface area (Å²) in [5, 5.41) is 7.77. The van der Waals surface area contributed by atoms with Crippen LogP contribution in [0.3, 0.4) is 0 Å². The molecule has 0 amide bonds. The van der Waals surface area contributed by atoms with Crippen LogP contribution in [0, 0.1) is 0 Å². The number of fused-ring (bicyclic) bond motifs is 1. The minimum atomic E-state index is 0.450. The summed E-state index contributed by atoms with van der Waals surface area (Å²) < 4.78 is 0. The molecule has 3 N–H and O–H groups in total. The van der Waals surface area contributed by atoms with Crippen molar-refractivity contribution in [1.29, 1.82) is 0 Å². The number of rotatable bonds is 2. The van der Waals surface area contributed by atoms with Crippen LogP contribution in [0.5, 0.6) is 0 Å². The van der Waals surface area contributed by atoms with Gasteiger partial charge in [0.1, 0.15) is 11.3 Å². The average Bonchev–Trinajstić information content (AvgIpc) is 2.71. The predicted molar refractivity (Wildman–Crippen MR) is 63.1 cm³/mol. The van der Waals surface area contributed by atoms with Crippen molar-refractivity contribution in [2.75, 3.05) is 5.73 Å². The standard InChI is InChI=1S/C11H12N4/c1-3-5-7-8-6-13-15-10(8)11(12)14-9(7)4-2/h3-6H,2H2,1H3,(H2,12,14)(H,13,15)/b5-3-. The van der Waals surface area contributed by atoms with Gasteiger partial charge in [0.15, 0.2) is 0 Å². The molecule has 0 radical (unpaired) electrons. The van der Waals surface area contributed by atoms with E-state index in [-0.39, 0.29) is 0 Å². The summed E-state index contributed by atoms with van der Waals surface area (Å²) in [4.78, 5) is 4.25. The van der Waals surface area contributed by atoms with Gasteiger partial charge < -0.3 is 5.73 Å². The fourth-order valence-electron chi connectivity index (χ4n) is 1.57. The average molecular weight is 200 g/mol. The summed E-state index contributed by atoms with van der Waals surface area (Å²) in [6.45, 7) is 5.68. The summed E-state index contributed by atoms with van der Waals surface area (Å²) in [6, 6.07) is 0. The molecule has 0 unspecified atom stereocenters. The first kappa shape index (κ1) is 9.45. The Balaban J connectivity index is 2.88. The molecule has 15 heavy (non-hydrogen) atoms. The topological polar surface area (TPSA) is 67.6 Å². The molecule has 0 aliphatic heterocycles. The number of nitrogens with one attached hydrogen (secondary N) is 1. The fraction of sp³-hybridized carbons (Fsp3) is 0.0909. The van der Waals surface area contributed by atoms with Gasteiger partial charge in [0, 0.05) is 10.9 Å². The number of anilines is 1. The number of hydrogen-bond acceptors (Lipinski definition) is 3. The van der Waals surface area contributed by atoms with Crippen LogP contribution in [0.15, 0.2) is 18.9 Å². The minimum Gasteiger partial charge on any atom is -0.382 e. The van der Waals surface area contributed by atoms with Crippen molar-refractivity contribution in [2.45, 2.75) is 6.92 Å². The molecule has 0 saturated carbocycles. The quantitative estimate of drug-likeness (QED) is 0.781. The van der Waals surface area contributed by atoms with Crippen molar-refractivity contribution in [3.8, 4) is 0 Å². The van der Waals surface area contributed by atoms with Crippen LogP contribution in [0.1, 0.15) is 18.2 Å². The number of nitrogens with zero attached hydrogens (tertiary/aromatic N) is 2. The van der Waals surface area contributed by atoms with E-state index in [9.17, 15) is 0 Å². The maximum Gasteiger partial charge on any atom is 0.150 e. The van der Waals surface area contributed by atoms with Crippen LogP contribution in [0.2, 0.25) is 0 Å². The second-order valence-electron chi connectivity index (χ2n) is 3.16. The molecule has 2 aromatic heterocycles. The van der Waals surface area contributed by atoms with Gasteiger partial charge in [-0.3, -0.25) is 5.10 Å². The molecule has 0 aliphatic rings. The van der Waals surface area contributed by atoms with Crippen molar-refractivity contribution in [2.24, 2.45) is 0 Å². The largest absolute Gasteiger partial charge is 0.382 e. The van der Waals surface area contributed by atoms with Crippen molar-refractivity contribution in [1.82, 2.24) is 15.2 Å². The van der Waals surface area contributed by atoms with E-state index < -0.39 is 0 Å². The van der Waals surface area contributed by atoms with E-state index in [4.69, 9.17) is 5.73 Å². The third-order valence-electron chi connectivity index (χ3n) is 2.23. The summed E-state index contributed by atoms with van der Waals surface area (Å²) in [5.74, 6) is 0.450. The number of pyridine rings is 1. The van der Waals surface area contributed by atoms with Gasteiger partial charge in [-0.25, -0.2) is 4.98 Å². The lowest BCUT2D eigenvalue weighted by Gasteiger charge is -2.04. The molecule has 2 aromatic rings. The number of aromatic nitrogens is 3. The van der Waals surface area contributed by atoms with Gasteiger partial charge in [0.25, 0.3) is 0 Å². The van der Waals surface area contributed by atoms with Crippen molar-refractivity contribution in [3.63, 3.8) is 0 Å². The monoisotopic (exact) mass is 200 g/mol. The number of hydrogen-bond donors (Lipinski definition) is 2. The van der Waals surface area contributed by atoms with E-state index in [0.717, 1.165) is 22.2 Å². The minimum absolute atomic E-state index is 0.450. The van der Waals surface area contributed by atoms with E-state index in [1.807, 2.05) is 19.1 Å². The number of H-pyrrole nitrogens is 1. The van der Waals surface area contributed by atoms with E-state index in [1.54, 1.807) is 12.3 Å².